The highest BCUT2D eigenvalue weighted by Gasteiger charge is 1.99. The summed E-state index contributed by atoms with van der Waals surface area (Å²) in [6, 6.07) is 0. The van der Waals surface area contributed by atoms with Crippen molar-refractivity contribution in [2.45, 2.75) is 90.4 Å². The van der Waals surface area contributed by atoms with E-state index >= 15 is 0 Å². The number of hydrogen-bond donors (Lipinski definition) is 3. The fraction of sp³-hybridized carbons (Fsp3) is 0.944. The lowest BCUT2D eigenvalue weighted by atomic mass is 10.1. The number of nitrogens with one attached hydrogen (secondary N) is 2. The van der Waals surface area contributed by atoms with E-state index in [-0.39, 0.29) is 5.91 Å². The Balaban J connectivity index is 3.10. The summed E-state index contributed by atoms with van der Waals surface area (Å²) in [5.74, 6) is 0.174. The molecule has 0 aliphatic rings. The lowest BCUT2D eigenvalue weighted by Crippen LogP contribution is -2.34. The van der Waals surface area contributed by atoms with Crippen molar-refractivity contribution < 1.29 is 9.90 Å². The molecule has 0 atom stereocenters. The van der Waals surface area contributed by atoms with Crippen molar-refractivity contribution in [1.29, 1.82) is 0 Å². The van der Waals surface area contributed by atoms with Crippen molar-refractivity contribution in [3.8, 4) is 0 Å². The minimum atomic E-state index is 0.174. The second-order valence-corrected chi connectivity index (χ2v) is 6.14. The van der Waals surface area contributed by atoms with Gasteiger partial charge in [0.15, 0.2) is 0 Å². The molecule has 0 aromatic rings. The van der Waals surface area contributed by atoms with Gasteiger partial charge in [-0.1, -0.05) is 64.7 Å². The summed E-state index contributed by atoms with van der Waals surface area (Å²) in [7, 11) is 0. The van der Waals surface area contributed by atoms with Gasteiger partial charge in [-0.2, -0.15) is 0 Å². The van der Waals surface area contributed by atoms with E-state index in [1.807, 2.05) is 0 Å². The van der Waals surface area contributed by atoms with Gasteiger partial charge in [0.05, 0.1) is 6.67 Å². The third-order valence-corrected chi connectivity index (χ3v) is 3.93. The molecule has 0 aliphatic heterocycles. The quantitative estimate of drug-likeness (QED) is 0.283. The third-order valence-electron chi connectivity index (χ3n) is 3.93. The average molecular weight is 315 g/mol. The van der Waals surface area contributed by atoms with Crippen LogP contribution in [0.3, 0.4) is 0 Å². The molecular formula is C18H38N2O2. The van der Waals surface area contributed by atoms with Crippen LogP contribution in [-0.4, -0.2) is 30.8 Å². The number of aliphatic hydroxyl groups is 1. The molecule has 22 heavy (non-hydrogen) atoms. The van der Waals surface area contributed by atoms with Crippen molar-refractivity contribution in [2.24, 2.45) is 0 Å². The predicted molar refractivity (Wildman–Crippen MR) is 93.8 cm³/mol. The standard InChI is InChI=1S/C18H38N2O2/c1-2-3-4-8-11-14-18(22)20-17-19-15-12-9-6-5-7-10-13-16-21/h19,21H,2-17H2,1H3,(H,20,22). The zero-order valence-corrected chi connectivity index (χ0v) is 14.7. The number of hydrogen-bond acceptors (Lipinski definition) is 3. The van der Waals surface area contributed by atoms with Gasteiger partial charge in [0.25, 0.3) is 0 Å². The molecule has 1 amide bonds. The fourth-order valence-corrected chi connectivity index (χ4v) is 2.47. The number of rotatable bonds is 17. The first kappa shape index (κ1) is 21.4. The molecule has 0 aromatic heterocycles. The van der Waals surface area contributed by atoms with Crippen LogP contribution in [0.5, 0.6) is 0 Å². The molecule has 132 valence electrons. The highest BCUT2D eigenvalue weighted by atomic mass is 16.2. The maximum Gasteiger partial charge on any atom is 0.220 e. The molecule has 0 aliphatic carbocycles. The number of amides is 1. The smallest absolute Gasteiger partial charge is 0.220 e. The molecule has 0 saturated heterocycles. The van der Waals surface area contributed by atoms with Crippen molar-refractivity contribution >= 4 is 5.91 Å². The highest BCUT2D eigenvalue weighted by molar-refractivity contribution is 5.75. The zero-order chi connectivity index (χ0) is 16.3. The molecule has 0 heterocycles. The van der Waals surface area contributed by atoms with Gasteiger partial charge >= 0.3 is 0 Å². The molecule has 0 fully saturated rings. The summed E-state index contributed by atoms with van der Waals surface area (Å²) >= 11 is 0. The van der Waals surface area contributed by atoms with Gasteiger partial charge in [0.2, 0.25) is 5.91 Å². The average Bonchev–Trinajstić information content (AvgIpc) is 2.52. The Morgan fingerprint density at radius 1 is 0.818 bits per heavy atom. The highest BCUT2D eigenvalue weighted by Crippen LogP contribution is 2.06. The maximum atomic E-state index is 11.6. The second kappa shape index (κ2) is 18.4. The zero-order valence-electron chi connectivity index (χ0n) is 14.7. The van der Waals surface area contributed by atoms with Crippen molar-refractivity contribution in [1.82, 2.24) is 10.6 Å². The Bertz CT molecular complexity index is 235. The van der Waals surface area contributed by atoms with Crippen LogP contribution >= 0.6 is 0 Å². The minimum absolute atomic E-state index is 0.174. The molecule has 4 heteroatoms. The van der Waals surface area contributed by atoms with E-state index in [1.165, 1.54) is 57.8 Å². The summed E-state index contributed by atoms with van der Waals surface area (Å²) in [5.41, 5.74) is 0. The first-order valence-electron chi connectivity index (χ1n) is 9.39. The van der Waals surface area contributed by atoms with E-state index in [0.29, 0.717) is 19.7 Å². The topological polar surface area (TPSA) is 61.4 Å². The van der Waals surface area contributed by atoms with Gasteiger partial charge in [-0.15, -0.1) is 0 Å². The van der Waals surface area contributed by atoms with Gasteiger partial charge in [0, 0.05) is 13.0 Å². The summed E-state index contributed by atoms with van der Waals surface area (Å²) in [6.45, 7) is 4.11. The van der Waals surface area contributed by atoms with Gasteiger partial charge in [0.1, 0.15) is 0 Å². The molecular weight excluding hydrogens is 276 g/mol. The summed E-state index contributed by atoms with van der Waals surface area (Å²) in [6.07, 6.45) is 14.9. The number of carbonyl (C=O) groups is 1. The number of aliphatic hydroxyl groups excluding tert-OH is 1. The van der Waals surface area contributed by atoms with Crippen LogP contribution in [0.2, 0.25) is 0 Å². The Labute approximate surface area is 137 Å². The molecule has 0 bridgehead atoms. The SMILES string of the molecule is CCCCCCCC(=O)NCNCCCCCCCCCO. The van der Waals surface area contributed by atoms with Crippen LogP contribution in [0, 0.1) is 0 Å². The largest absolute Gasteiger partial charge is 0.396 e. The Hall–Kier alpha value is -0.610. The monoisotopic (exact) mass is 314 g/mol. The van der Waals surface area contributed by atoms with E-state index in [4.69, 9.17) is 5.11 Å². The molecule has 0 spiro atoms. The third kappa shape index (κ3) is 17.4. The summed E-state index contributed by atoms with van der Waals surface area (Å²) in [4.78, 5) is 11.6. The van der Waals surface area contributed by atoms with Crippen LogP contribution in [0.25, 0.3) is 0 Å². The van der Waals surface area contributed by atoms with Crippen LogP contribution < -0.4 is 10.6 Å². The summed E-state index contributed by atoms with van der Waals surface area (Å²) in [5, 5.41) is 14.9. The predicted octanol–water partition coefficient (Wildman–Crippen LogP) is 3.73. The number of carbonyl (C=O) groups excluding carboxylic acids is 1. The van der Waals surface area contributed by atoms with Crippen molar-refractivity contribution in [3.63, 3.8) is 0 Å². The van der Waals surface area contributed by atoms with Crippen LogP contribution in [0.1, 0.15) is 90.4 Å². The van der Waals surface area contributed by atoms with Crippen LogP contribution in [0.15, 0.2) is 0 Å². The maximum absolute atomic E-state index is 11.6. The Morgan fingerprint density at radius 3 is 2.09 bits per heavy atom. The van der Waals surface area contributed by atoms with Crippen molar-refractivity contribution in [2.75, 3.05) is 19.8 Å². The first-order valence-corrected chi connectivity index (χ1v) is 9.39. The van der Waals surface area contributed by atoms with E-state index < -0.39 is 0 Å². The van der Waals surface area contributed by atoms with Crippen molar-refractivity contribution in [3.05, 3.63) is 0 Å². The molecule has 0 aromatic carbocycles. The van der Waals surface area contributed by atoms with Crippen LogP contribution in [0.4, 0.5) is 0 Å². The Kier molecular flexibility index (Phi) is 17.9. The van der Waals surface area contributed by atoms with E-state index in [1.54, 1.807) is 0 Å². The molecule has 0 rings (SSSR count). The lowest BCUT2D eigenvalue weighted by molar-refractivity contribution is -0.121. The van der Waals surface area contributed by atoms with E-state index in [9.17, 15) is 4.79 Å². The lowest BCUT2D eigenvalue weighted by Gasteiger charge is -2.07. The molecule has 0 unspecified atom stereocenters. The van der Waals surface area contributed by atoms with Crippen LogP contribution in [-0.2, 0) is 4.79 Å². The molecule has 0 saturated carbocycles. The minimum Gasteiger partial charge on any atom is -0.396 e. The van der Waals surface area contributed by atoms with Gasteiger partial charge in [-0.25, -0.2) is 0 Å². The van der Waals surface area contributed by atoms with E-state index in [0.717, 1.165) is 25.8 Å². The Morgan fingerprint density at radius 2 is 1.41 bits per heavy atom. The van der Waals surface area contributed by atoms with Gasteiger partial charge in [-0.3, -0.25) is 10.1 Å². The number of unbranched alkanes of at least 4 members (excludes halogenated alkanes) is 10. The normalized spacial score (nSPS) is 10.8. The van der Waals surface area contributed by atoms with Gasteiger partial charge in [-0.05, 0) is 25.8 Å². The van der Waals surface area contributed by atoms with E-state index in [2.05, 4.69) is 17.6 Å². The molecule has 3 N–H and O–H groups in total. The molecule has 4 nitrogen and oxygen atoms in total. The van der Waals surface area contributed by atoms with Gasteiger partial charge < -0.3 is 10.4 Å². The summed E-state index contributed by atoms with van der Waals surface area (Å²) < 4.78 is 0. The molecule has 0 radical (unpaired) electrons. The first-order chi connectivity index (χ1) is 10.8. The second-order valence-electron chi connectivity index (χ2n) is 6.14. The fourth-order valence-electron chi connectivity index (χ4n) is 2.47.